The van der Waals surface area contributed by atoms with Gasteiger partial charge in [0.05, 0.1) is 17.9 Å². The molecule has 0 aliphatic rings. The number of carbonyl (C=O) groups is 1. The van der Waals surface area contributed by atoms with Crippen molar-refractivity contribution in [3.8, 4) is 5.75 Å². The summed E-state index contributed by atoms with van der Waals surface area (Å²) in [4.78, 5) is 21.7. The van der Waals surface area contributed by atoms with E-state index in [1.165, 1.54) is 19.3 Å². The van der Waals surface area contributed by atoms with Crippen LogP contribution in [0, 0.1) is 0 Å². The van der Waals surface area contributed by atoms with E-state index in [4.69, 9.17) is 4.74 Å². The number of hydrogen-bond acceptors (Lipinski definition) is 4. The van der Waals surface area contributed by atoms with E-state index in [2.05, 4.69) is 35.9 Å². The standard InChI is InChI=1S/C19H29N3O2/c1-4-5-6-7-8-9-18(23)24-17-14-20-13-16-19(17)15(12-21-16)10-11-22(2)3/h12-14,21H,4-11H2,1-3H3. The Morgan fingerprint density at radius 2 is 2.00 bits per heavy atom. The quantitative estimate of drug-likeness (QED) is 0.529. The number of carbonyl (C=O) groups excluding carboxylic acids is 1. The highest BCUT2D eigenvalue weighted by atomic mass is 16.5. The molecule has 132 valence electrons. The molecule has 5 nitrogen and oxygen atoms in total. The summed E-state index contributed by atoms with van der Waals surface area (Å²) in [6, 6.07) is 0. The van der Waals surface area contributed by atoms with Crippen molar-refractivity contribution in [2.75, 3.05) is 20.6 Å². The number of fused-ring (bicyclic) bond motifs is 1. The van der Waals surface area contributed by atoms with E-state index in [1.54, 1.807) is 12.4 Å². The van der Waals surface area contributed by atoms with E-state index in [0.29, 0.717) is 12.2 Å². The molecule has 0 aliphatic carbocycles. The first kappa shape index (κ1) is 18.5. The van der Waals surface area contributed by atoms with Crippen molar-refractivity contribution in [1.82, 2.24) is 14.9 Å². The number of likely N-dealkylation sites (N-methyl/N-ethyl adjacent to an activating group) is 1. The molecule has 2 heterocycles. The largest absolute Gasteiger partial charge is 0.424 e. The molecule has 2 rings (SSSR count). The van der Waals surface area contributed by atoms with Crippen LogP contribution in [0.1, 0.15) is 51.0 Å². The van der Waals surface area contributed by atoms with E-state index in [0.717, 1.165) is 42.3 Å². The fraction of sp³-hybridized carbons (Fsp3) is 0.579. The van der Waals surface area contributed by atoms with Crippen molar-refractivity contribution in [3.05, 3.63) is 24.2 Å². The predicted molar refractivity (Wildman–Crippen MR) is 97.4 cm³/mol. The van der Waals surface area contributed by atoms with Crippen molar-refractivity contribution in [2.45, 2.75) is 51.9 Å². The van der Waals surface area contributed by atoms with Crippen LogP contribution in [-0.4, -0.2) is 41.5 Å². The number of nitrogens with zero attached hydrogens (tertiary/aromatic N) is 2. The van der Waals surface area contributed by atoms with Gasteiger partial charge >= 0.3 is 5.97 Å². The lowest BCUT2D eigenvalue weighted by atomic mass is 10.1. The number of aromatic nitrogens is 2. The van der Waals surface area contributed by atoms with Crippen LogP contribution in [0.15, 0.2) is 18.6 Å². The molecule has 0 aliphatic heterocycles. The molecule has 0 spiro atoms. The predicted octanol–water partition coefficient (Wildman–Crippen LogP) is 3.93. The number of esters is 1. The van der Waals surface area contributed by atoms with Crippen LogP contribution in [0.4, 0.5) is 0 Å². The highest BCUT2D eigenvalue weighted by Gasteiger charge is 2.13. The zero-order valence-corrected chi connectivity index (χ0v) is 15.1. The summed E-state index contributed by atoms with van der Waals surface area (Å²) in [6.45, 7) is 3.13. The van der Waals surface area contributed by atoms with Gasteiger partial charge < -0.3 is 14.6 Å². The Morgan fingerprint density at radius 3 is 2.75 bits per heavy atom. The highest BCUT2D eigenvalue weighted by Crippen LogP contribution is 2.28. The summed E-state index contributed by atoms with van der Waals surface area (Å²) in [6.07, 6.45) is 12.4. The van der Waals surface area contributed by atoms with Crippen LogP contribution in [-0.2, 0) is 11.2 Å². The van der Waals surface area contributed by atoms with E-state index in [1.807, 2.05) is 6.20 Å². The Hall–Kier alpha value is -1.88. The maximum atomic E-state index is 12.1. The number of hydrogen-bond donors (Lipinski definition) is 1. The summed E-state index contributed by atoms with van der Waals surface area (Å²) in [5.74, 6) is 0.404. The zero-order chi connectivity index (χ0) is 17.4. The first-order chi connectivity index (χ1) is 11.6. The molecule has 5 heteroatoms. The van der Waals surface area contributed by atoms with Crippen LogP contribution in [0.5, 0.6) is 5.75 Å². The third-order valence-electron chi connectivity index (χ3n) is 4.17. The van der Waals surface area contributed by atoms with Crippen molar-refractivity contribution in [2.24, 2.45) is 0 Å². The number of rotatable bonds is 10. The van der Waals surface area contributed by atoms with Gasteiger partial charge in [-0.05, 0) is 32.5 Å². The molecule has 0 amide bonds. The summed E-state index contributed by atoms with van der Waals surface area (Å²) in [5.41, 5.74) is 2.07. The molecule has 2 aromatic rings. The molecule has 1 N–H and O–H groups in total. The highest BCUT2D eigenvalue weighted by molar-refractivity contribution is 5.90. The molecule has 24 heavy (non-hydrogen) atoms. The van der Waals surface area contributed by atoms with Gasteiger partial charge in [-0.3, -0.25) is 9.78 Å². The summed E-state index contributed by atoms with van der Waals surface area (Å²) in [5, 5.41) is 0.978. The topological polar surface area (TPSA) is 58.2 Å². The average Bonchev–Trinajstić information content (AvgIpc) is 2.97. The fourth-order valence-corrected chi connectivity index (χ4v) is 2.78. The van der Waals surface area contributed by atoms with Crippen LogP contribution in [0.3, 0.4) is 0 Å². The SMILES string of the molecule is CCCCCCCC(=O)Oc1cncc2[nH]cc(CCN(C)C)c12. The number of ether oxygens (including phenoxy) is 1. The minimum absolute atomic E-state index is 0.166. The van der Waals surface area contributed by atoms with Gasteiger partial charge in [0.2, 0.25) is 0 Å². The van der Waals surface area contributed by atoms with Crippen LogP contribution >= 0.6 is 0 Å². The molecule has 0 saturated heterocycles. The van der Waals surface area contributed by atoms with Gasteiger partial charge in [-0.25, -0.2) is 0 Å². The Bertz CT molecular complexity index is 649. The third kappa shape index (κ3) is 5.34. The Kier molecular flexibility index (Phi) is 7.25. The molecule has 0 radical (unpaired) electrons. The molecule has 0 aromatic carbocycles. The lowest BCUT2D eigenvalue weighted by Crippen LogP contribution is -2.15. The average molecular weight is 331 g/mol. The number of nitrogens with one attached hydrogen (secondary N) is 1. The van der Waals surface area contributed by atoms with E-state index in [-0.39, 0.29) is 5.97 Å². The lowest BCUT2D eigenvalue weighted by Gasteiger charge is -2.10. The summed E-state index contributed by atoms with van der Waals surface area (Å²) in [7, 11) is 4.10. The van der Waals surface area contributed by atoms with E-state index in [9.17, 15) is 4.79 Å². The second kappa shape index (κ2) is 9.42. The maximum Gasteiger partial charge on any atom is 0.311 e. The summed E-state index contributed by atoms with van der Waals surface area (Å²) >= 11 is 0. The van der Waals surface area contributed by atoms with Crippen molar-refractivity contribution < 1.29 is 9.53 Å². The molecule has 0 saturated carbocycles. The van der Waals surface area contributed by atoms with Gasteiger partial charge in [0, 0.05) is 24.5 Å². The van der Waals surface area contributed by atoms with E-state index < -0.39 is 0 Å². The fourth-order valence-electron chi connectivity index (χ4n) is 2.78. The van der Waals surface area contributed by atoms with Crippen LogP contribution in [0.2, 0.25) is 0 Å². The number of unbranched alkanes of at least 4 members (excludes halogenated alkanes) is 4. The van der Waals surface area contributed by atoms with Crippen molar-refractivity contribution >= 4 is 16.9 Å². The van der Waals surface area contributed by atoms with Gasteiger partial charge in [-0.15, -0.1) is 0 Å². The Morgan fingerprint density at radius 1 is 1.21 bits per heavy atom. The number of aromatic amines is 1. The van der Waals surface area contributed by atoms with Gasteiger partial charge in [0.1, 0.15) is 0 Å². The maximum absolute atomic E-state index is 12.1. The molecular formula is C19H29N3O2. The molecule has 2 aromatic heterocycles. The normalized spacial score (nSPS) is 11.3. The molecule has 0 fully saturated rings. The van der Waals surface area contributed by atoms with Gasteiger partial charge in [-0.1, -0.05) is 32.6 Å². The van der Waals surface area contributed by atoms with Gasteiger partial charge in [0.25, 0.3) is 0 Å². The number of H-pyrrole nitrogens is 1. The minimum Gasteiger partial charge on any atom is -0.424 e. The first-order valence-electron chi connectivity index (χ1n) is 8.91. The van der Waals surface area contributed by atoms with Crippen molar-refractivity contribution in [3.63, 3.8) is 0 Å². The van der Waals surface area contributed by atoms with Crippen molar-refractivity contribution in [1.29, 1.82) is 0 Å². The Balaban J connectivity index is 2.00. The molecular weight excluding hydrogens is 302 g/mol. The Labute approximate surface area is 144 Å². The second-order valence-electron chi connectivity index (χ2n) is 6.57. The van der Waals surface area contributed by atoms with E-state index >= 15 is 0 Å². The molecule has 0 bridgehead atoms. The van der Waals surface area contributed by atoms with Gasteiger partial charge in [0.15, 0.2) is 5.75 Å². The first-order valence-corrected chi connectivity index (χ1v) is 8.91. The van der Waals surface area contributed by atoms with Crippen LogP contribution in [0.25, 0.3) is 10.9 Å². The summed E-state index contributed by atoms with van der Waals surface area (Å²) < 4.78 is 5.60. The number of pyridine rings is 1. The minimum atomic E-state index is -0.166. The smallest absolute Gasteiger partial charge is 0.311 e. The van der Waals surface area contributed by atoms with Crippen LogP contribution < -0.4 is 4.74 Å². The second-order valence-corrected chi connectivity index (χ2v) is 6.57. The zero-order valence-electron chi connectivity index (χ0n) is 15.1. The molecule has 0 atom stereocenters. The molecule has 0 unspecified atom stereocenters. The monoisotopic (exact) mass is 331 g/mol. The third-order valence-corrected chi connectivity index (χ3v) is 4.17. The lowest BCUT2D eigenvalue weighted by molar-refractivity contribution is -0.134. The van der Waals surface area contributed by atoms with Gasteiger partial charge in [-0.2, -0.15) is 0 Å².